The molecule has 0 saturated heterocycles. The Morgan fingerprint density at radius 2 is 2.31 bits per heavy atom. The zero-order chi connectivity index (χ0) is 11.2. The van der Waals surface area contributed by atoms with Crippen LogP contribution in [0.1, 0.15) is 42.9 Å². The largest absolute Gasteiger partial charge is 0.468 e. The van der Waals surface area contributed by atoms with Gasteiger partial charge in [-0.3, -0.25) is 4.79 Å². The Morgan fingerprint density at radius 3 is 3.12 bits per heavy atom. The summed E-state index contributed by atoms with van der Waals surface area (Å²) < 4.78 is 5.58. The van der Waals surface area contributed by atoms with Crippen molar-refractivity contribution in [2.45, 2.75) is 38.0 Å². The summed E-state index contributed by atoms with van der Waals surface area (Å²) in [6.45, 7) is 3.96. The van der Waals surface area contributed by atoms with Crippen molar-refractivity contribution in [2.75, 3.05) is 0 Å². The van der Waals surface area contributed by atoms with Gasteiger partial charge >= 0.3 is 0 Å². The van der Waals surface area contributed by atoms with Gasteiger partial charge in [-0.1, -0.05) is 6.08 Å². The molecule has 2 heteroatoms. The van der Waals surface area contributed by atoms with Gasteiger partial charge in [-0.25, -0.2) is 0 Å². The summed E-state index contributed by atoms with van der Waals surface area (Å²) in [6, 6.07) is 2.01. The summed E-state index contributed by atoms with van der Waals surface area (Å²) in [6.07, 6.45) is 8.57. The molecule has 1 saturated carbocycles. The van der Waals surface area contributed by atoms with E-state index >= 15 is 0 Å². The Labute approximate surface area is 95.3 Å². The van der Waals surface area contributed by atoms with E-state index in [1.54, 1.807) is 6.26 Å². The van der Waals surface area contributed by atoms with Gasteiger partial charge in [-0.05, 0) is 37.3 Å². The lowest BCUT2D eigenvalue weighted by Crippen LogP contribution is -2.23. The van der Waals surface area contributed by atoms with Crippen LogP contribution >= 0.6 is 0 Å². The molecule has 2 aliphatic carbocycles. The van der Waals surface area contributed by atoms with Crippen molar-refractivity contribution in [1.82, 2.24) is 0 Å². The van der Waals surface area contributed by atoms with Crippen molar-refractivity contribution in [3.8, 4) is 0 Å². The lowest BCUT2D eigenvalue weighted by Gasteiger charge is -2.28. The number of rotatable bonds is 1. The van der Waals surface area contributed by atoms with Crippen molar-refractivity contribution < 1.29 is 9.21 Å². The summed E-state index contributed by atoms with van der Waals surface area (Å²) in [5.41, 5.74) is 1.20. The van der Waals surface area contributed by atoms with Crippen molar-refractivity contribution in [1.29, 1.82) is 0 Å². The summed E-state index contributed by atoms with van der Waals surface area (Å²) >= 11 is 0. The molecule has 1 aromatic heterocycles. The third-order valence-electron chi connectivity index (χ3n) is 4.27. The fraction of sp³-hybridized carbons (Fsp3) is 0.500. The predicted molar refractivity (Wildman–Crippen MR) is 61.3 cm³/mol. The molecule has 0 amide bonds. The molecule has 2 atom stereocenters. The Balaban J connectivity index is 2.16. The van der Waals surface area contributed by atoms with Crippen LogP contribution in [0.25, 0.3) is 0 Å². The smallest absolute Gasteiger partial charge is 0.144 e. The Hall–Kier alpha value is -1.31. The number of Topliss-reactive ketones (excluding diaryl/α,β-unsaturated/α-hetero) is 1. The molecule has 1 fully saturated rings. The van der Waals surface area contributed by atoms with E-state index < -0.39 is 0 Å². The molecule has 0 bridgehead atoms. The molecule has 0 spiro atoms. The maximum atomic E-state index is 12.1. The number of allylic oxidation sites excluding steroid dienone is 1. The van der Waals surface area contributed by atoms with Crippen LogP contribution in [0.15, 0.2) is 29.4 Å². The van der Waals surface area contributed by atoms with E-state index in [0.29, 0.717) is 12.2 Å². The number of furan rings is 1. The van der Waals surface area contributed by atoms with Crippen LogP contribution in [0, 0.1) is 5.41 Å². The number of aryl methyl sites for hydroxylation is 1. The molecule has 1 aromatic rings. The number of carbonyl (C=O) groups excluding carboxylic acids is 1. The van der Waals surface area contributed by atoms with E-state index in [-0.39, 0.29) is 11.3 Å². The summed E-state index contributed by atoms with van der Waals surface area (Å²) in [5.74, 6) is 1.19. The molecular weight excluding hydrogens is 200 g/mol. The maximum absolute atomic E-state index is 12.1. The number of ketones is 1. The fourth-order valence-electron chi connectivity index (χ4n) is 3.38. The van der Waals surface area contributed by atoms with E-state index in [0.717, 1.165) is 31.4 Å². The van der Waals surface area contributed by atoms with E-state index in [9.17, 15) is 4.79 Å². The molecule has 0 N–H and O–H groups in total. The topological polar surface area (TPSA) is 30.2 Å². The van der Waals surface area contributed by atoms with Gasteiger partial charge in [-0.15, -0.1) is 6.58 Å². The normalized spacial score (nSPS) is 33.0. The maximum Gasteiger partial charge on any atom is 0.144 e. The number of hydrogen-bond donors (Lipinski definition) is 0. The Kier molecular flexibility index (Phi) is 2.06. The molecular formula is C14H16O2. The highest BCUT2D eigenvalue weighted by Gasteiger charge is 2.49. The second kappa shape index (κ2) is 3.34. The van der Waals surface area contributed by atoms with Gasteiger partial charge in [0.15, 0.2) is 0 Å². The Morgan fingerprint density at radius 1 is 1.44 bits per heavy atom. The van der Waals surface area contributed by atoms with Gasteiger partial charge in [0, 0.05) is 11.8 Å². The van der Waals surface area contributed by atoms with Crippen LogP contribution in [0.5, 0.6) is 0 Å². The lowest BCUT2D eigenvalue weighted by molar-refractivity contribution is -0.119. The highest BCUT2D eigenvalue weighted by molar-refractivity contribution is 5.89. The van der Waals surface area contributed by atoms with E-state index in [2.05, 4.69) is 6.58 Å². The zero-order valence-corrected chi connectivity index (χ0v) is 9.37. The number of fused-ring (bicyclic) bond motifs is 3. The van der Waals surface area contributed by atoms with Gasteiger partial charge in [0.05, 0.1) is 12.2 Å². The monoisotopic (exact) mass is 216 g/mol. The molecule has 3 rings (SSSR count). The van der Waals surface area contributed by atoms with Gasteiger partial charge in [0.2, 0.25) is 0 Å². The average Bonchev–Trinajstić information content (AvgIpc) is 2.81. The minimum absolute atomic E-state index is 0.0276. The van der Waals surface area contributed by atoms with Crippen LogP contribution in [0.3, 0.4) is 0 Å². The molecule has 0 aromatic carbocycles. The molecule has 0 aliphatic heterocycles. The highest BCUT2D eigenvalue weighted by atomic mass is 16.3. The quantitative estimate of drug-likeness (QED) is 0.674. The molecule has 84 valence electrons. The molecule has 2 nitrogen and oxygen atoms in total. The molecule has 1 heterocycles. The summed E-state index contributed by atoms with van der Waals surface area (Å²) in [7, 11) is 0. The van der Waals surface area contributed by atoms with E-state index in [1.165, 1.54) is 5.56 Å². The van der Waals surface area contributed by atoms with Crippen molar-refractivity contribution in [3.63, 3.8) is 0 Å². The van der Waals surface area contributed by atoms with E-state index in [1.807, 2.05) is 12.1 Å². The predicted octanol–water partition coefficient (Wildman–Crippen LogP) is 3.23. The van der Waals surface area contributed by atoms with Gasteiger partial charge in [-0.2, -0.15) is 0 Å². The minimum Gasteiger partial charge on any atom is -0.468 e. The minimum atomic E-state index is -0.0579. The van der Waals surface area contributed by atoms with Crippen molar-refractivity contribution in [2.24, 2.45) is 5.41 Å². The van der Waals surface area contributed by atoms with Gasteiger partial charge in [0.25, 0.3) is 0 Å². The summed E-state index contributed by atoms with van der Waals surface area (Å²) in [4.78, 5) is 12.1. The van der Waals surface area contributed by atoms with Gasteiger partial charge in [0.1, 0.15) is 11.5 Å². The first kappa shape index (κ1) is 9.88. The van der Waals surface area contributed by atoms with Crippen molar-refractivity contribution >= 4 is 5.78 Å². The Bertz CT molecular complexity index is 443. The first-order valence-electron chi connectivity index (χ1n) is 5.99. The number of carbonyl (C=O) groups is 1. The lowest BCUT2D eigenvalue weighted by atomic mass is 9.74. The zero-order valence-electron chi connectivity index (χ0n) is 9.37. The van der Waals surface area contributed by atoms with Crippen LogP contribution < -0.4 is 0 Å². The summed E-state index contributed by atoms with van der Waals surface area (Å²) in [5, 5.41) is 0. The standard InChI is InChI=1S/C14H16O2/c1-2-14-7-3-4-10-6-9-16-13(10)12(14)11(15)5-8-14/h2,6,9,12H,1,3-5,7-8H2/t12-,14-/m0/s1. The molecule has 0 unspecified atom stereocenters. The van der Waals surface area contributed by atoms with Gasteiger partial charge < -0.3 is 4.42 Å². The third-order valence-corrected chi connectivity index (χ3v) is 4.27. The second-order valence-electron chi connectivity index (χ2n) is 5.00. The fourth-order valence-corrected chi connectivity index (χ4v) is 3.38. The molecule has 16 heavy (non-hydrogen) atoms. The third kappa shape index (κ3) is 1.16. The first-order valence-corrected chi connectivity index (χ1v) is 5.99. The van der Waals surface area contributed by atoms with Crippen LogP contribution in [0.4, 0.5) is 0 Å². The highest BCUT2D eigenvalue weighted by Crippen LogP contribution is 2.53. The van der Waals surface area contributed by atoms with E-state index in [4.69, 9.17) is 4.42 Å². The first-order chi connectivity index (χ1) is 7.77. The van der Waals surface area contributed by atoms with Crippen LogP contribution in [-0.2, 0) is 11.2 Å². The number of hydrogen-bond acceptors (Lipinski definition) is 2. The molecule has 2 aliphatic rings. The molecule has 0 radical (unpaired) electrons. The average molecular weight is 216 g/mol. The van der Waals surface area contributed by atoms with Crippen LogP contribution in [-0.4, -0.2) is 5.78 Å². The SMILES string of the molecule is C=C[C@@]12CCCc3ccoc3[C@@H]1C(=O)CC2. The van der Waals surface area contributed by atoms with Crippen LogP contribution in [0.2, 0.25) is 0 Å². The van der Waals surface area contributed by atoms with Crippen molar-refractivity contribution in [3.05, 3.63) is 36.3 Å². The second-order valence-corrected chi connectivity index (χ2v) is 5.00.